The van der Waals surface area contributed by atoms with E-state index in [1.54, 1.807) is 18.4 Å². The minimum Gasteiger partial charge on any atom is -0.355 e. The lowest BCUT2D eigenvalue weighted by molar-refractivity contribution is -0.227. The molecule has 1 unspecified atom stereocenters. The van der Waals surface area contributed by atoms with Gasteiger partial charge >= 0.3 is 0 Å². The Balaban J connectivity index is 1.41. The Morgan fingerprint density at radius 2 is 1.87 bits per heavy atom. The molecule has 5 rings (SSSR count). The van der Waals surface area contributed by atoms with Crippen molar-refractivity contribution in [3.05, 3.63) is 82.2 Å². The summed E-state index contributed by atoms with van der Waals surface area (Å²) in [5.41, 5.74) is 5.63. The van der Waals surface area contributed by atoms with Crippen LogP contribution in [0.1, 0.15) is 35.1 Å². The first-order valence-corrected chi connectivity index (χ1v) is 11.7. The molecule has 158 valence electrons. The van der Waals surface area contributed by atoms with E-state index in [1.807, 2.05) is 12.1 Å². The lowest BCUT2D eigenvalue weighted by atomic mass is 9.80. The summed E-state index contributed by atoms with van der Waals surface area (Å²) in [6.07, 6.45) is 2.48. The Morgan fingerprint density at radius 1 is 1.13 bits per heavy atom. The molecule has 1 atom stereocenters. The van der Waals surface area contributed by atoms with E-state index in [-0.39, 0.29) is 11.9 Å². The number of hydrogen-bond acceptors (Lipinski definition) is 5. The van der Waals surface area contributed by atoms with E-state index < -0.39 is 0 Å². The van der Waals surface area contributed by atoms with Gasteiger partial charge in [0.25, 0.3) is 0 Å². The molecule has 0 radical (unpaired) electrons. The second-order valence-electron chi connectivity index (χ2n) is 8.39. The van der Waals surface area contributed by atoms with Gasteiger partial charge in [-0.15, -0.1) is 11.3 Å². The fourth-order valence-electron chi connectivity index (χ4n) is 4.86. The van der Waals surface area contributed by atoms with Crippen LogP contribution in [0.2, 0.25) is 0 Å². The Hall–Kier alpha value is -2.49. The quantitative estimate of drug-likeness (QED) is 0.562. The van der Waals surface area contributed by atoms with E-state index in [1.165, 1.54) is 27.1 Å². The molecule has 0 aliphatic carbocycles. The maximum absolute atomic E-state index is 9.11. The molecule has 5 heteroatoms. The summed E-state index contributed by atoms with van der Waals surface area (Å²) in [5, 5.41) is 11.4. The van der Waals surface area contributed by atoms with Gasteiger partial charge in [-0.25, -0.2) is 0 Å². The predicted molar refractivity (Wildman–Crippen MR) is 123 cm³/mol. The third kappa shape index (κ3) is 3.93. The van der Waals surface area contributed by atoms with Crippen LogP contribution in [-0.2, 0) is 28.0 Å². The highest BCUT2D eigenvalue weighted by molar-refractivity contribution is 7.14. The SMILES string of the molecule is COC1Cc2c(csc2-c2ccc(C#N)cc2)C2(CCN(Cc3ccccc3)CC2)O1. The first kappa shape index (κ1) is 20.4. The number of likely N-dealkylation sites (tertiary alicyclic amines) is 1. The van der Waals surface area contributed by atoms with Crippen LogP contribution in [0.15, 0.2) is 60.0 Å². The number of hydrogen-bond donors (Lipinski definition) is 0. The van der Waals surface area contributed by atoms with Gasteiger partial charge in [0.15, 0.2) is 6.29 Å². The molecule has 0 saturated carbocycles. The number of ether oxygens (including phenoxy) is 2. The summed E-state index contributed by atoms with van der Waals surface area (Å²) >= 11 is 1.78. The molecule has 1 fully saturated rings. The van der Waals surface area contributed by atoms with E-state index in [0.29, 0.717) is 5.56 Å². The van der Waals surface area contributed by atoms with Gasteiger partial charge in [0.2, 0.25) is 0 Å². The Morgan fingerprint density at radius 3 is 2.55 bits per heavy atom. The zero-order valence-corrected chi connectivity index (χ0v) is 18.5. The van der Waals surface area contributed by atoms with Crippen molar-refractivity contribution in [3.8, 4) is 16.5 Å². The highest BCUT2D eigenvalue weighted by Crippen LogP contribution is 2.49. The molecule has 31 heavy (non-hydrogen) atoms. The first-order valence-electron chi connectivity index (χ1n) is 10.8. The van der Waals surface area contributed by atoms with E-state index >= 15 is 0 Å². The lowest BCUT2D eigenvalue weighted by Gasteiger charge is -2.46. The maximum atomic E-state index is 9.11. The van der Waals surface area contributed by atoms with Crippen molar-refractivity contribution in [1.29, 1.82) is 5.26 Å². The van der Waals surface area contributed by atoms with Gasteiger partial charge in [0, 0.05) is 38.0 Å². The number of benzene rings is 2. The first-order chi connectivity index (χ1) is 15.2. The summed E-state index contributed by atoms with van der Waals surface area (Å²) in [6, 6.07) is 20.8. The van der Waals surface area contributed by atoms with Crippen molar-refractivity contribution in [2.75, 3.05) is 20.2 Å². The van der Waals surface area contributed by atoms with Gasteiger partial charge in [0.1, 0.15) is 0 Å². The third-order valence-electron chi connectivity index (χ3n) is 6.56. The number of nitriles is 1. The van der Waals surface area contributed by atoms with Gasteiger partial charge in [-0.2, -0.15) is 5.26 Å². The fourth-order valence-corrected chi connectivity index (χ4v) is 6.06. The number of methoxy groups -OCH3 is 1. The second kappa shape index (κ2) is 8.57. The van der Waals surface area contributed by atoms with Crippen LogP contribution in [-0.4, -0.2) is 31.4 Å². The van der Waals surface area contributed by atoms with E-state index in [9.17, 15) is 0 Å². The number of rotatable bonds is 4. The van der Waals surface area contributed by atoms with Gasteiger partial charge in [-0.1, -0.05) is 42.5 Å². The van der Waals surface area contributed by atoms with Crippen molar-refractivity contribution in [2.24, 2.45) is 0 Å². The fraction of sp³-hybridized carbons (Fsp3) is 0.346. The molecular weight excluding hydrogens is 404 g/mol. The van der Waals surface area contributed by atoms with Crippen molar-refractivity contribution in [1.82, 2.24) is 4.90 Å². The van der Waals surface area contributed by atoms with Crippen molar-refractivity contribution in [2.45, 2.75) is 37.7 Å². The molecule has 1 aromatic heterocycles. The predicted octanol–water partition coefficient (Wildman–Crippen LogP) is 5.32. The Kier molecular flexibility index (Phi) is 5.64. The molecule has 1 spiro atoms. The largest absolute Gasteiger partial charge is 0.355 e. The summed E-state index contributed by atoms with van der Waals surface area (Å²) in [6.45, 7) is 3.00. The topological polar surface area (TPSA) is 45.5 Å². The summed E-state index contributed by atoms with van der Waals surface area (Å²) in [7, 11) is 1.74. The van der Waals surface area contributed by atoms with Gasteiger partial charge in [-0.3, -0.25) is 4.90 Å². The molecule has 1 saturated heterocycles. The molecule has 2 aliphatic heterocycles. The summed E-state index contributed by atoms with van der Waals surface area (Å²) in [5.74, 6) is 0. The average molecular weight is 431 g/mol. The summed E-state index contributed by atoms with van der Waals surface area (Å²) < 4.78 is 12.3. The van der Waals surface area contributed by atoms with Crippen LogP contribution in [0.4, 0.5) is 0 Å². The molecule has 0 amide bonds. The zero-order valence-electron chi connectivity index (χ0n) is 17.7. The lowest BCUT2D eigenvalue weighted by Crippen LogP contribution is -2.48. The van der Waals surface area contributed by atoms with Crippen LogP contribution in [0.25, 0.3) is 10.4 Å². The van der Waals surface area contributed by atoms with Crippen molar-refractivity contribution >= 4 is 11.3 Å². The average Bonchev–Trinajstić information content (AvgIpc) is 3.26. The van der Waals surface area contributed by atoms with Gasteiger partial charge in [0.05, 0.1) is 17.2 Å². The molecule has 0 N–H and O–H groups in total. The highest BCUT2D eigenvalue weighted by Gasteiger charge is 2.45. The number of fused-ring (bicyclic) bond motifs is 2. The third-order valence-corrected chi connectivity index (χ3v) is 7.64. The number of thiophene rings is 1. The Bertz CT molecular complexity index is 1080. The van der Waals surface area contributed by atoms with Crippen LogP contribution >= 0.6 is 11.3 Å². The maximum Gasteiger partial charge on any atom is 0.162 e. The minimum absolute atomic E-state index is 0.222. The molecule has 2 aromatic carbocycles. The van der Waals surface area contributed by atoms with Gasteiger partial charge < -0.3 is 9.47 Å². The molecule has 4 nitrogen and oxygen atoms in total. The molecule has 3 heterocycles. The van der Waals surface area contributed by atoms with Crippen LogP contribution < -0.4 is 0 Å². The molecule has 3 aromatic rings. The highest BCUT2D eigenvalue weighted by atomic mass is 32.1. The smallest absolute Gasteiger partial charge is 0.162 e. The number of piperidine rings is 1. The molecular formula is C26H26N2O2S. The normalized spacial score (nSPS) is 20.3. The molecule has 0 bridgehead atoms. The van der Waals surface area contributed by atoms with Crippen LogP contribution in [0, 0.1) is 11.3 Å². The van der Waals surface area contributed by atoms with Crippen LogP contribution in [0.5, 0.6) is 0 Å². The monoisotopic (exact) mass is 430 g/mol. The minimum atomic E-state index is -0.275. The van der Waals surface area contributed by atoms with Crippen LogP contribution in [0.3, 0.4) is 0 Å². The van der Waals surface area contributed by atoms with E-state index in [4.69, 9.17) is 14.7 Å². The Labute approximate surface area is 187 Å². The van der Waals surface area contributed by atoms with Crippen molar-refractivity contribution < 1.29 is 9.47 Å². The van der Waals surface area contributed by atoms with Gasteiger partial charge in [-0.05, 0) is 52.6 Å². The van der Waals surface area contributed by atoms with Crippen molar-refractivity contribution in [3.63, 3.8) is 0 Å². The number of nitrogens with zero attached hydrogens (tertiary/aromatic N) is 2. The zero-order chi connectivity index (χ0) is 21.3. The molecule has 2 aliphatic rings. The standard InChI is InChI=1S/C26H26N2O2S/c1-29-24-15-22-23(18-31-25(22)21-9-7-19(16-27)8-10-21)26(30-24)11-13-28(14-12-26)17-20-5-3-2-4-6-20/h2-10,18,24H,11-15,17H2,1H3. The van der Waals surface area contributed by atoms with E-state index in [0.717, 1.165) is 38.9 Å². The second-order valence-corrected chi connectivity index (χ2v) is 9.27. The summed E-state index contributed by atoms with van der Waals surface area (Å²) in [4.78, 5) is 3.80. The van der Waals surface area contributed by atoms with E-state index in [2.05, 4.69) is 58.8 Å².